The van der Waals surface area contributed by atoms with Crippen LogP contribution in [0.25, 0.3) is 0 Å². The summed E-state index contributed by atoms with van der Waals surface area (Å²) in [5.41, 5.74) is 6.94. The van der Waals surface area contributed by atoms with E-state index in [9.17, 15) is 9.59 Å². The van der Waals surface area contributed by atoms with Gasteiger partial charge in [-0.3, -0.25) is 0 Å². The Morgan fingerprint density at radius 1 is 1.44 bits per heavy atom. The van der Waals surface area contributed by atoms with Gasteiger partial charge in [0, 0.05) is 5.69 Å². The number of nitrogens with two attached hydrogens (primary N) is 1. The number of hydrogen-bond donors (Lipinski definition) is 2. The molecule has 1 rings (SSSR count). The number of ether oxygens (including phenoxy) is 1. The molecule has 1 aromatic rings. The maximum absolute atomic E-state index is 11.6. The SMILES string of the molecule is Cc1ccc(N)cc1C(=O)OC(C)C(=O)O. The molecule has 1 aromatic carbocycles. The standard InChI is InChI=1S/C11H13NO4/c1-6-3-4-8(12)5-9(6)11(15)16-7(2)10(13)14/h3-5,7H,12H2,1-2H3,(H,13,14). The summed E-state index contributed by atoms with van der Waals surface area (Å²) in [5, 5.41) is 8.60. The monoisotopic (exact) mass is 223 g/mol. The zero-order valence-electron chi connectivity index (χ0n) is 9.06. The minimum Gasteiger partial charge on any atom is -0.479 e. The van der Waals surface area contributed by atoms with E-state index in [0.717, 1.165) is 0 Å². The highest BCUT2D eigenvalue weighted by molar-refractivity contribution is 5.93. The summed E-state index contributed by atoms with van der Waals surface area (Å²) < 4.78 is 4.74. The van der Waals surface area contributed by atoms with Crippen molar-refractivity contribution < 1.29 is 19.4 Å². The van der Waals surface area contributed by atoms with Gasteiger partial charge in [0.1, 0.15) is 0 Å². The zero-order chi connectivity index (χ0) is 12.3. The van der Waals surface area contributed by atoms with Crippen molar-refractivity contribution >= 4 is 17.6 Å². The molecule has 0 fully saturated rings. The summed E-state index contributed by atoms with van der Waals surface area (Å²) in [7, 11) is 0. The second-order valence-corrected chi connectivity index (χ2v) is 3.46. The first-order valence-corrected chi connectivity index (χ1v) is 4.71. The topological polar surface area (TPSA) is 89.6 Å². The number of nitrogen functional groups attached to an aromatic ring is 1. The van der Waals surface area contributed by atoms with Crippen molar-refractivity contribution in [2.45, 2.75) is 20.0 Å². The Morgan fingerprint density at radius 2 is 2.06 bits per heavy atom. The normalized spacial score (nSPS) is 11.9. The molecule has 0 spiro atoms. The quantitative estimate of drug-likeness (QED) is 0.593. The summed E-state index contributed by atoms with van der Waals surface area (Å²) >= 11 is 0. The number of hydrogen-bond acceptors (Lipinski definition) is 4. The third-order valence-electron chi connectivity index (χ3n) is 2.11. The summed E-state index contributed by atoms with van der Waals surface area (Å²) in [6, 6.07) is 4.80. The molecule has 0 saturated carbocycles. The maximum atomic E-state index is 11.6. The minimum atomic E-state index is -1.19. The largest absolute Gasteiger partial charge is 0.479 e. The van der Waals surface area contributed by atoms with Gasteiger partial charge in [-0.2, -0.15) is 0 Å². The molecule has 1 atom stereocenters. The number of carbonyl (C=O) groups excluding carboxylic acids is 1. The molecule has 3 N–H and O–H groups in total. The third kappa shape index (κ3) is 2.73. The van der Waals surface area contributed by atoms with Crippen LogP contribution in [0.2, 0.25) is 0 Å². The Morgan fingerprint density at radius 3 is 2.62 bits per heavy atom. The molecule has 0 aromatic heterocycles. The van der Waals surface area contributed by atoms with Crippen LogP contribution in [-0.2, 0) is 9.53 Å². The molecule has 86 valence electrons. The number of anilines is 1. The minimum absolute atomic E-state index is 0.285. The van der Waals surface area contributed by atoms with Crippen LogP contribution in [0, 0.1) is 6.92 Å². The van der Waals surface area contributed by atoms with Gasteiger partial charge in [0.25, 0.3) is 0 Å². The molecule has 0 radical (unpaired) electrons. The van der Waals surface area contributed by atoms with Crippen LogP contribution in [0.15, 0.2) is 18.2 Å². The lowest BCUT2D eigenvalue weighted by molar-refractivity contribution is -0.146. The molecule has 0 aliphatic carbocycles. The van der Waals surface area contributed by atoms with Crippen molar-refractivity contribution in [3.63, 3.8) is 0 Å². The smallest absolute Gasteiger partial charge is 0.344 e. The van der Waals surface area contributed by atoms with Crippen molar-refractivity contribution in [3.05, 3.63) is 29.3 Å². The van der Waals surface area contributed by atoms with Crippen LogP contribution < -0.4 is 5.73 Å². The van der Waals surface area contributed by atoms with Gasteiger partial charge in [0.05, 0.1) is 5.56 Å². The van der Waals surface area contributed by atoms with E-state index in [0.29, 0.717) is 11.3 Å². The highest BCUT2D eigenvalue weighted by Crippen LogP contribution is 2.14. The Labute approximate surface area is 92.8 Å². The Kier molecular flexibility index (Phi) is 3.50. The number of aryl methyl sites for hydroxylation is 1. The number of carbonyl (C=O) groups is 2. The van der Waals surface area contributed by atoms with Crippen LogP contribution in [0.5, 0.6) is 0 Å². The first-order valence-electron chi connectivity index (χ1n) is 4.71. The summed E-state index contributed by atoms with van der Waals surface area (Å²) in [5.74, 6) is -1.87. The molecule has 0 saturated heterocycles. The second-order valence-electron chi connectivity index (χ2n) is 3.46. The van der Waals surface area contributed by atoms with Crippen molar-refractivity contribution in [2.24, 2.45) is 0 Å². The lowest BCUT2D eigenvalue weighted by Crippen LogP contribution is -2.24. The molecule has 1 unspecified atom stereocenters. The van der Waals surface area contributed by atoms with Crippen molar-refractivity contribution in [3.8, 4) is 0 Å². The zero-order valence-corrected chi connectivity index (χ0v) is 9.06. The Hall–Kier alpha value is -2.04. The fourth-order valence-electron chi connectivity index (χ4n) is 1.13. The summed E-state index contributed by atoms with van der Waals surface area (Å²) in [4.78, 5) is 22.1. The lowest BCUT2D eigenvalue weighted by Gasteiger charge is -2.10. The summed E-state index contributed by atoms with van der Waals surface area (Å²) in [6.07, 6.45) is -1.17. The van der Waals surface area contributed by atoms with Crippen LogP contribution in [0.4, 0.5) is 5.69 Å². The van der Waals surface area contributed by atoms with Gasteiger partial charge >= 0.3 is 11.9 Å². The Bertz CT molecular complexity index is 428. The first-order chi connectivity index (χ1) is 7.41. The summed E-state index contributed by atoms with van der Waals surface area (Å²) in [6.45, 7) is 3.02. The third-order valence-corrected chi connectivity index (χ3v) is 2.11. The van der Waals surface area contributed by atoms with Gasteiger partial charge in [-0.15, -0.1) is 0 Å². The van der Waals surface area contributed by atoms with Gasteiger partial charge in [-0.1, -0.05) is 6.07 Å². The van der Waals surface area contributed by atoms with Crippen molar-refractivity contribution in [1.82, 2.24) is 0 Å². The highest BCUT2D eigenvalue weighted by atomic mass is 16.6. The van der Waals surface area contributed by atoms with Crippen molar-refractivity contribution in [2.75, 3.05) is 5.73 Å². The number of rotatable bonds is 3. The predicted molar refractivity (Wildman–Crippen MR) is 58.1 cm³/mol. The molecule has 0 bridgehead atoms. The molecule has 5 nitrogen and oxygen atoms in total. The molecule has 0 aliphatic rings. The molecular formula is C11H13NO4. The molecule has 5 heteroatoms. The van der Waals surface area contributed by atoms with E-state index in [1.807, 2.05) is 0 Å². The van der Waals surface area contributed by atoms with Gasteiger partial charge in [0.15, 0.2) is 6.10 Å². The van der Waals surface area contributed by atoms with E-state index < -0.39 is 18.0 Å². The fraction of sp³-hybridized carbons (Fsp3) is 0.273. The molecule has 0 heterocycles. The second kappa shape index (κ2) is 4.65. The van der Waals surface area contributed by atoms with E-state index >= 15 is 0 Å². The van der Waals surface area contributed by atoms with E-state index in [2.05, 4.69) is 0 Å². The van der Waals surface area contributed by atoms with Crippen LogP contribution in [0.3, 0.4) is 0 Å². The first kappa shape index (κ1) is 12.0. The number of carboxylic acid groups (broad SMARTS) is 1. The van der Waals surface area contributed by atoms with E-state index in [4.69, 9.17) is 15.6 Å². The predicted octanol–water partition coefficient (Wildman–Crippen LogP) is 1.21. The van der Waals surface area contributed by atoms with Crippen LogP contribution >= 0.6 is 0 Å². The van der Waals surface area contributed by atoms with Gasteiger partial charge in [-0.25, -0.2) is 9.59 Å². The van der Waals surface area contributed by atoms with E-state index in [-0.39, 0.29) is 5.56 Å². The van der Waals surface area contributed by atoms with Gasteiger partial charge in [0.2, 0.25) is 0 Å². The van der Waals surface area contributed by atoms with Gasteiger partial charge < -0.3 is 15.6 Å². The van der Waals surface area contributed by atoms with Crippen LogP contribution in [0.1, 0.15) is 22.8 Å². The van der Waals surface area contributed by atoms with Gasteiger partial charge in [-0.05, 0) is 31.5 Å². The number of aliphatic carboxylic acids is 1. The maximum Gasteiger partial charge on any atom is 0.344 e. The Balaban J connectivity index is 2.88. The molecule has 0 aliphatic heterocycles. The number of esters is 1. The van der Waals surface area contributed by atoms with E-state index in [1.165, 1.54) is 13.0 Å². The fourth-order valence-corrected chi connectivity index (χ4v) is 1.13. The molecule has 16 heavy (non-hydrogen) atoms. The number of carboxylic acids is 1. The number of benzene rings is 1. The highest BCUT2D eigenvalue weighted by Gasteiger charge is 2.19. The molecular weight excluding hydrogens is 210 g/mol. The van der Waals surface area contributed by atoms with E-state index in [1.54, 1.807) is 19.1 Å². The average molecular weight is 223 g/mol. The van der Waals surface area contributed by atoms with Crippen LogP contribution in [-0.4, -0.2) is 23.1 Å². The molecule has 0 amide bonds. The average Bonchev–Trinajstić information content (AvgIpc) is 2.21. The lowest BCUT2D eigenvalue weighted by atomic mass is 10.1. The van der Waals surface area contributed by atoms with Crippen molar-refractivity contribution in [1.29, 1.82) is 0 Å².